The van der Waals surface area contributed by atoms with Gasteiger partial charge in [0.25, 0.3) is 0 Å². The van der Waals surface area contributed by atoms with Crippen LogP contribution in [0.4, 0.5) is 0 Å². The highest BCUT2D eigenvalue weighted by atomic mass is 32.1. The van der Waals surface area contributed by atoms with Gasteiger partial charge >= 0.3 is 5.97 Å². The maximum Gasteiger partial charge on any atom is 0.345 e. The van der Waals surface area contributed by atoms with E-state index in [0.717, 1.165) is 29.2 Å². The smallest absolute Gasteiger partial charge is 0.345 e. The van der Waals surface area contributed by atoms with Crippen molar-refractivity contribution in [1.82, 2.24) is 14.9 Å². The highest BCUT2D eigenvalue weighted by Crippen LogP contribution is 2.21. The molecule has 0 aliphatic heterocycles. The van der Waals surface area contributed by atoms with Crippen LogP contribution in [0.3, 0.4) is 0 Å². The summed E-state index contributed by atoms with van der Waals surface area (Å²) < 4.78 is 2.00. The summed E-state index contributed by atoms with van der Waals surface area (Å²) in [7, 11) is 1.98. The molecule has 2 N–H and O–H groups in total. The molecule has 2 aromatic heterocycles. The van der Waals surface area contributed by atoms with Gasteiger partial charge in [0.2, 0.25) is 0 Å². The van der Waals surface area contributed by atoms with Crippen LogP contribution in [0.5, 0.6) is 0 Å². The highest BCUT2D eigenvalue weighted by molar-refractivity contribution is 7.14. The quantitative estimate of drug-likeness (QED) is 0.792. The molecule has 2 rings (SSSR count). The van der Waals surface area contributed by atoms with E-state index in [1.807, 2.05) is 24.7 Å². The van der Waals surface area contributed by atoms with E-state index in [0.29, 0.717) is 11.4 Å². The number of imidazole rings is 1. The Morgan fingerprint density at radius 1 is 1.58 bits per heavy atom. The van der Waals surface area contributed by atoms with E-state index in [1.54, 1.807) is 12.3 Å². The van der Waals surface area contributed by atoms with Crippen LogP contribution in [0, 0.1) is 6.92 Å². The van der Waals surface area contributed by atoms with Crippen molar-refractivity contribution in [2.75, 3.05) is 6.54 Å². The van der Waals surface area contributed by atoms with Gasteiger partial charge in [-0.05, 0) is 18.6 Å². The van der Waals surface area contributed by atoms with Crippen molar-refractivity contribution in [1.29, 1.82) is 0 Å². The average molecular weight is 279 g/mol. The lowest BCUT2D eigenvalue weighted by atomic mass is 10.2. The Kier molecular flexibility index (Phi) is 4.34. The minimum Gasteiger partial charge on any atom is -0.477 e. The second kappa shape index (κ2) is 5.99. The van der Waals surface area contributed by atoms with Crippen LogP contribution >= 0.6 is 11.3 Å². The molecule has 0 saturated carbocycles. The lowest BCUT2D eigenvalue weighted by Gasteiger charge is -2.04. The first kappa shape index (κ1) is 13.8. The predicted octanol–water partition coefficient (Wildman–Crippen LogP) is 1.82. The number of hydrogen-bond donors (Lipinski definition) is 2. The molecule has 0 amide bonds. The molecular formula is C13H17N3O2S. The largest absolute Gasteiger partial charge is 0.477 e. The summed E-state index contributed by atoms with van der Waals surface area (Å²) in [5, 5.41) is 12.2. The van der Waals surface area contributed by atoms with Crippen LogP contribution in [-0.2, 0) is 20.0 Å². The number of aryl methyl sites for hydroxylation is 2. The summed E-state index contributed by atoms with van der Waals surface area (Å²) in [5.74, 6) is 0.188. The lowest BCUT2D eigenvalue weighted by Crippen LogP contribution is -2.18. The Balaban J connectivity index is 1.83. The van der Waals surface area contributed by atoms with Gasteiger partial charge in [-0.2, -0.15) is 0 Å². The van der Waals surface area contributed by atoms with Crippen molar-refractivity contribution in [3.8, 4) is 0 Å². The van der Waals surface area contributed by atoms with Crippen LogP contribution in [-0.4, -0.2) is 27.2 Å². The van der Waals surface area contributed by atoms with Crippen LogP contribution in [0.25, 0.3) is 0 Å². The number of carboxylic acids is 1. The number of carboxylic acid groups (broad SMARTS) is 1. The van der Waals surface area contributed by atoms with Crippen molar-refractivity contribution in [3.05, 3.63) is 39.6 Å². The van der Waals surface area contributed by atoms with E-state index in [4.69, 9.17) is 5.11 Å². The fraction of sp³-hybridized carbons (Fsp3) is 0.385. The van der Waals surface area contributed by atoms with Gasteiger partial charge in [0.1, 0.15) is 10.7 Å². The molecule has 0 bridgehead atoms. The van der Waals surface area contributed by atoms with Gasteiger partial charge < -0.3 is 15.0 Å². The molecular weight excluding hydrogens is 262 g/mol. The number of rotatable bonds is 6. The normalized spacial score (nSPS) is 10.8. The topological polar surface area (TPSA) is 67.2 Å². The molecule has 0 saturated heterocycles. The van der Waals surface area contributed by atoms with Gasteiger partial charge in [-0.15, -0.1) is 11.3 Å². The Hall–Kier alpha value is -1.66. The minimum absolute atomic E-state index is 0.401. The molecule has 0 atom stereocenters. The number of thiophene rings is 1. The van der Waals surface area contributed by atoms with Gasteiger partial charge in [0, 0.05) is 43.8 Å². The second-order valence-electron chi connectivity index (χ2n) is 4.38. The summed E-state index contributed by atoms with van der Waals surface area (Å²) in [4.78, 5) is 16.6. The highest BCUT2D eigenvalue weighted by Gasteiger charge is 2.10. The third-order valence-corrected chi connectivity index (χ3v) is 4.07. The van der Waals surface area contributed by atoms with Crippen molar-refractivity contribution in [2.45, 2.75) is 19.9 Å². The predicted molar refractivity (Wildman–Crippen MR) is 74.6 cm³/mol. The number of aromatic carboxylic acids is 1. The third kappa shape index (κ3) is 3.42. The Labute approximate surface area is 115 Å². The summed E-state index contributed by atoms with van der Waals surface area (Å²) in [5.41, 5.74) is 1.06. The zero-order valence-electron chi connectivity index (χ0n) is 11.0. The molecule has 0 unspecified atom stereocenters. The summed E-state index contributed by atoms with van der Waals surface area (Å²) in [6.45, 7) is 3.47. The molecule has 0 fully saturated rings. The van der Waals surface area contributed by atoms with Gasteiger partial charge in [-0.1, -0.05) is 0 Å². The Morgan fingerprint density at radius 2 is 2.37 bits per heavy atom. The fourth-order valence-corrected chi connectivity index (χ4v) is 2.74. The Bertz CT molecular complexity index is 574. The maximum absolute atomic E-state index is 10.9. The fourth-order valence-electron chi connectivity index (χ4n) is 1.86. The molecule has 2 aromatic rings. The Morgan fingerprint density at radius 3 is 2.95 bits per heavy atom. The number of aromatic nitrogens is 2. The van der Waals surface area contributed by atoms with E-state index in [2.05, 4.69) is 10.3 Å². The lowest BCUT2D eigenvalue weighted by molar-refractivity contribution is 0.0702. The second-order valence-corrected chi connectivity index (χ2v) is 5.63. The monoisotopic (exact) mass is 279 g/mol. The average Bonchev–Trinajstić information content (AvgIpc) is 2.92. The molecule has 5 nitrogen and oxygen atoms in total. The van der Waals surface area contributed by atoms with Crippen LogP contribution < -0.4 is 5.32 Å². The number of nitrogens with one attached hydrogen (secondary N) is 1. The van der Waals surface area contributed by atoms with Crippen LogP contribution in [0.15, 0.2) is 18.5 Å². The molecule has 0 aliphatic carbocycles. The van der Waals surface area contributed by atoms with Gasteiger partial charge in [0.15, 0.2) is 0 Å². The van der Waals surface area contributed by atoms with E-state index in [-0.39, 0.29) is 0 Å². The van der Waals surface area contributed by atoms with Gasteiger partial charge in [-0.25, -0.2) is 9.78 Å². The van der Waals surface area contributed by atoms with Crippen molar-refractivity contribution in [2.24, 2.45) is 7.05 Å². The minimum atomic E-state index is -0.854. The molecule has 6 heteroatoms. The summed E-state index contributed by atoms with van der Waals surface area (Å²) in [6, 6.07) is 1.75. The first-order valence-corrected chi connectivity index (χ1v) is 6.89. The zero-order valence-corrected chi connectivity index (χ0v) is 11.8. The van der Waals surface area contributed by atoms with Crippen molar-refractivity contribution in [3.63, 3.8) is 0 Å². The van der Waals surface area contributed by atoms with E-state index in [1.165, 1.54) is 11.3 Å². The first-order chi connectivity index (χ1) is 9.08. The molecule has 2 heterocycles. The first-order valence-electron chi connectivity index (χ1n) is 6.07. The van der Waals surface area contributed by atoms with Crippen molar-refractivity contribution >= 4 is 17.3 Å². The van der Waals surface area contributed by atoms with E-state index >= 15 is 0 Å². The van der Waals surface area contributed by atoms with Crippen LogP contribution in [0.2, 0.25) is 0 Å². The zero-order chi connectivity index (χ0) is 13.8. The molecule has 0 radical (unpaired) electrons. The number of carbonyl (C=O) groups is 1. The van der Waals surface area contributed by atoms with Gasteiger partial charge in [0.05, 0.1) is 0 Å². The summed E-state index contributed by atoms with van der Waals surface area (Å²) in [6.07, 6.45) is 4.58. The summed E-state index contributed by atoms with van der Waals surface area (Å²) >= 11 is 1.32. The SMILES string of the molecule is Cc1sc(C(=O)O)cc1CNCCc1nccn1C. The molecule has 19 heavy (non-hydrogen) atoms. The molecule has 0 spiro atoms. The van der Waals surface area contributed by atoms with E-state index in [9.17, 15) is 4.79 Å². The third-order valence-electron chi connectivity index (χ3n) is 2.99. The molecule has 0 aliphatic rings. The van der Waals surface area contributed by atoms with E-state index < -0.39 is 5.97 Å². The molecule has 0 aromatic carbocycles. The number of nitrogens with zero attached hydrogens (tertiary/aromatic N) is 2. The van der Waals surface area contributed by atoms with Crippen molar-refractivity contribution < 1.29 is 9.90 Å². The number of hydrogen-bond acceptors (Lipinski definition) is 4. The maximum atomic E-state index is 10.9. The standard InChI is InChI=1S/C13H17N3O2S/c1-9-10(7-11(19-9)13(17)18)8-14-4-3-12-15-5-6-16(12)2/h5-7,14H,3-4,8H2,1-2H3,(H,17,18). The molecule has 102 valence electrons. The van der Waals surface area contributed by atoms with Crippen LogP contribution in [0.1, 0.15) is 25.9 Å². The van der Waals surface area contributed by atoms with Gasteiger partial charge in [-0.3, -0.25) is 0 Å².